The molecule has 0 aliphatic rings. The highest BCUT2D eigenvalue weighted by Gasteiger charge is 2.17. The molecule has 3 rings (SSSR count). The predicted octanol–water partition coefficient (Wildman–Crippen LogP) is 5.53. The highest BCUT2D eigenvalue weighted by molar-refractivity contribution is 8.00. The normalized spacial score (nSPS) is 12.3. The molecule has 0 aliphatic carbocycles. The van der Waals surface area contributed by atoms with E-state index in [0.29, 0.717) is 11.4 Å². The molecule has 0 aliphatic heterocycles. The molecule has 0 saturated carbocycles. The molecule has 7 heteroatoms. The van der Waals surface area contributed by atoms with Crippen molar-refractivity contribution in [3.8, 4) is 0 Å². The van der Waals surface area contributed by atoms with E-state index in [9.17, 15) is 13.2 Å². The molecule has 0 fully saturated rings. The molecule has 0 saturated heterocycles. The molecule has 3 aromatic rings. The van der Waals surface area contributed by atoms with E-state index in [-0.39, 0.29) is 16.1 Å². The van der Waals surface area contributed by atoms with Crippen molar-refractivity contribution in [2.75, 3.05) is 10.0 Å². The summed E-state index contributed by atoms with van der Waals surface area (Å²) in [6.45, 7) is 7.62. The third kappa shape index (κ3) is 6.12. The first kappa shape index (κ1) is 22.9. The van der Waals surface area contributed by atoms with Crippen LogP contribution >= 0.6 is 11.8 Å². The average Bonchev–Trinajstić information content (AvgIpc) is 2.72. The zero-order valence-electron chi connectivity index (χ0n) is 18.0. The van der Waals surface area contributed by atoms with E-state index in [4.69, 9.17) is 0 Å². The van der Waals surface area contributed by atoms with Crippen molar-refractivity contribution >= 4 is 39.1 Å². The number of benzene rings is 3. The highest BCUT2D eigenvalue weighted by atomic mass is 32.2. The van der Waals surface area contributed by atoms with Gasteiger partial charge in [-0.05, 0) is 81.3 Å². The first-order chi connectivity index (χ1) is 14.6. The number of carbonyl (C=O) groups excluding carboxylic acids is 1. The maximum absolute atomic E-state index is 12.7. The maximum Gasteiger partial charge on any atom is 0.261 e. The van der Waals surface area contributed by atoms with Gasteiger partial charge in [0.05, 0.1) is 15.8 Å². The summed E-state index contributed by atoms with van der Waals surface area (Å²) in [5, 5.41) is 2.55. The van der Waals surface area contributed by atoms with Gasteiger partial charge < -0.3 is 5.32 Å². The molecule has 0 heterocycles. The summed E-state index contributed by atoms with van der Waals surface area (Å²) in [6, 6.07) is 19.8. The summed E-state index contributed by atoms with van der Waals surface area (Å²) in [6.07, 6.45) is 0. The third-order valence-electron chi connectivity index (χ3n) is 4.77. The Balaban J connectivity index is 1.65. The van der Waals surface area contributed by atoms with Crippen molar-refractivity contribution < 1.29 is 13.2 Å². The molecular formula is C24H26N2O3S2. The second-order valence-corrected chi connectivity index (χ2v) is 10.6. The molecule has 162 valence electrons. The molecule has 0 aromatic heterocycles. The van der Waals surface area contributed by atoms with Gasteiger partial charge in [0.1, 0.15) is 0 Å². The zero-order valence-corrected chi connectivity index (χ0v) is 19.6. The van der Waals surface area contributed by atoms with E-state index >= 15 is 0 Å². The van der Waals surface area contributed by atoms with Crippen molar-refractivity contribution in [3.05, 3.63) is 83.4 Å². The number of sulfonamides is 1. The quantitative estimate of drug-likeness (QED) is 0.460. The number of hydrogen-bond donors (Lipinski definition) is 2. The van der Waals surface area contributed by atoms with Gasteiger partial charge in [-0.3, -0.25) is 9.52 Å². The summed E-state index contributed by atoms with van der Waals surface area (Å²) in [5.41, 5.74) is 4.09. The lowest BCUT2D eigenvalue weighted by Gasteiger charge is -2.14. The molecule has 0 bridgehead atoms. The third-order valence-corrected chi connectivity index (χ3v) is 7.27. The number of hydrogen-bond acceptors (Lipinski definition) is 4. The lowest BCUT2D eigenvalue weighted by Crippen LogP contribution is -2.22. The van der Waals surface area contributed by atoms with Crippen molar-refractivity contribution in [2.45, 2.75) is 42.7 Å². The van der Waals surface area contributed by atoms with Gasteiger partial charge in [0, 0.05) is 10.6 Å². The van der Waals surface area contributed by atoms with E-state index < -0.39 is 10.0 Å². The second-order valence-electron chi connectivity index (χ2n) is 7.51. The van der Waals surface area contributed by atoms with Crippen LogP contribution in [0.5, 0.6) is 0 Å². The summed E-state index contributed by atoms with van der Waals surface area (Å²) >= 11 is 1.47. The van der Waals surface area contributed by atoms with Gasteiger partial charge in [-0.1, -0.05) is 29.8 Å². The Bertz CT molecular complexity index is 1170. The first-order valence-corrected chi connectivity index (χ1v) is 12.2. The largest absolute Gasteiger partial charge is 0.325 e. The number of aryl methyl sites for hydroxylation is 3. The number of carbonyl (C=O) groups is 1. The summed E-state index contributed by atoms with van der Waals surface area (Å²) < 4.78 is 28.1. The van der Waals surface area contributed by atoms with Crippen LogP contribution in [0.15, 0.2) is 76.5 Å². The van der Waals surface area contributed by atoms with Crippen molar-refractivity contribution in [2.24, 2.45) is 0 Å². The molecule has 0 unspecified atom stereocenters. The van der Waals surface area contributed by atoms with Gasteiger partial charge in [-0.15, -0.1) is 11.8 Å². The molecule has 1 amide bonds. The first-order valence-electron chi connectivity index (χ1n) is 9.88. The van der Waals surface area contributed by atoms with Crippen LogP contribution in [0.1, 0.15) is 23.6 Å². The van der Waals surface area contributed by atoms with Crippen molar-refractivity contribution in [1.82, 2.24) is 0 Å². The minimum absolute atomic E-state index is 0.133. The topological polar surface area (TPSA) is 75.3 Å². The predicted molar refractivity (Wildman–Crippen MR) is 128 cm³/mol. The van der Waals surface area contributed by atoms with E-state index in [0.717, 1.165) is 16.0 Å². The van der Waals surface area contributed by atoms with Gasteiger partial charge in [0.15, 0.2) is 0 Å². The summed E-state index contributed by atoms with van der Waals surface area (Å²) in [7, 11) is -3.73. The fourth-order valence-corrected chi connectivity index (χ4v) is 4.87. The molecule has 3 aromatic carbocycles. The Hall–Kier alpha value is -2.77. The smallest absolute Gasteiger partial charge is 0.261 e. The van der Waals surface area contributed by atoms with Crippen LogP contribution in [0.4, 0.5) is 11.4 Å². The lowest BCUT2D eigenvalue weighted by molar-refractivity contribution is -0.115. The van der Waals surface area contributed by atoms with Crippen molar-refractivity contribution in [3.63, 3.8) is 0 Å². The minimum Gasteiger partial charge on any atom is -0.325 e. The van der Waals surface area contributed by atoms with E-state index in [1.807, 2.05) is 64.1 Å². The molecule has 1 atom stereocenters. The lowest BCUT2D eigenvalue weighted by atomic mass is 10.1. The van der Waals surface area contributed by atoms with Crippen LogP contribution in [-0.4, -0.2) is 19.6 Å². The van der Waals surface area contributed by atoms with E-state index in [2.05, 4.69) is 10.0 Å². The standard InChI is InChI=1S/C24H26N2O3S2/c1-16-6-11-21(12-7-16)30-19(4)24(27)25-20-9-13-22(14-10-20)31(28,29)26-23-15-17(2)5-8-18(23)3/h5-15,19,26H,1-4H3,(H,25,27)/t19-/m0/s1. The van der Waals surface area contributed by atoms with Crippen LogP contribution in [0.25, 0.3) is 0 Å². The number of amides is 1. The van der Waals surface area contributed by atoms with E-state index in [1.54, 1.807) is 18.2 Å². The van der Waals surface area contributed by atoms with E-state index in [1.165, 1.54) is 29.5 Å². The molecule has 2 N–H and O–H groups in total. The number of rotatable bonds is 7. The molecule has 0 spiro atoms. The molecule has 31 heavy (non-hydrogen) atoms. The Morgan fingerprint density at radius 2 is 1.48 bits per heavy atom. The molecule has 0 radical (unpaired) electrons. The van der Waals surface area contributed by atoms with Crippen LogP contribution in [0.3, 0.4) is 0 Å². The van der Waals surface area contributed by atoms with Gasteiger partial charge in [0.2, 0.25) is 5.91 Å². The highest BCUT2D eigenvalue weighted by Crippen LogP contribution is 2.25. The SMILES string of the molecule is Cc1ccc(S[C@@H](C)C(=O)Nc2ccc(S(=O)(=O)Nc3cc(C)ccc3C)cc2)cc1. The van der Waals surface area contributed by atoms with Crippen LogP contribution in [0.2, 0.25) is 0 Å². The minimum atomic E-state index is -3.73. The fraction of sp³-hybridized carbons (Fsp3) is 0.208. The number of nitrogens with one attached hydrogen (secondary N) is 2. The van der Waals surface area contributed by atoms with Crippen LogP contribution < -0.4 is 10.0 Å². The number of thioether (sulfide) groups is 1. The van der Waals surface area contributed by atoms with Crippen LogP contribution in [-0.2, 0) is 14.8 Å². The summed E-state index contributed by atoms with van der Waals surface area (Å²) in [4.78, 5) is 13.7. The average molecular weight is 455 g/mol. The fourth-order valence-electron chi connectivity index (χ4n) is 2.89. The monoisotopic (exact) mass is 454 g/mol. The number of anilines is 2. The Morgan fingerprint density at radius 1 is 0.871 bits per heavy atom. The van der Waals surface area contributed by atoms with Gasteiger partial charge >= 0.3 is 0 Å². The maximum atomic E-state index is 12.7. The van der Waals surface area contributed by atoms with Gasteiger partial charge in [-0.25, -0.2) is 8.42 Å². The Kier molecular flexibility index (Phi) is 7.08. The van der Waals surface area contributed by atoms with Crippen molar-refractivity contribution in [1.29, 1.82) is 0 Å². The second kappa shape index (κ2) is 9.58. The Labute approximate surface area is 188 Å². The Morgan fingerprint density at radius 3 is 2.13 bits per heavy atom. The molecule has 5 nitrogen and oxygen atoms in total. The van der Waals surface area contributed by atoms with Crippen LogP contribution in [0, 0.1) is 20.8 Å². The van der Waals surface area contributed by atoms with Gasteiger partial charge in [-0.2, -0.15) is 0 Å². The zero-order chi connectivity index (χ0) is 22.6. The summed E-state index contributed by atoms with van der Waals surface area (Å²) in [5.74, 6) is -0.144. The molecular weight excluding hydrogens is 428 g/mol. The van der Waals surface area contributed by atoms with Gasteiger partial charge in [0.25, 0.3) is 10.0 Å².